The average Bonchev–Trinajstić information content (AvgIpc) is 2.77. The first-order chi connectivity index (χ1) is 16.1. The molecule has 1 heterocycles. The summed E-state index contributed by atoms with van der Waals surface area (Å²) < 4.78 is 5.78. The van der Waals surface area contributed by atoms with E-state index in [0.29, 0.717) is 16.5 Å². The predicted molar refractivity (Wildman–Crippen MR) is 122 cm³/mol. The van der Waals surface area contributed by atoms with Gasteiger partial charge in [0.05, 0.1) is 12.0 Å². The number of carbonyl (C=O) groups excluding carboxylic acids is 1. The number of fused-ring (bicyclic) bond motifs is 2. The van der Waals surface area contributed by atoms with Gasteiger partial charge >= 0.3 is 11.9 Å². The van der Waals surface area contributed by atoms with E-state index in [1.807, 2.05) is 0 Å². The van der Waals surface area contributed by atoms with Gasteiger partial charge in [-0.2, -0.15) is 0 Å². The summed E-state index contributed by atoms with van der Waals surface area (Å²) in [4.78, 5) is 47.0. The molecule has 0 spiro atoms. The Kier molecular flexibility index (Phi) is 5.74. The van der Waals surface area contributed by atoms with Gasteiger partial charge in [0.2, 0.25) is 5.91 Å². The van der Waals surface area contributed by atoms with Gasteiger partial charge in [0.25, 0.3) is 0 Å². The first kappa shape index (κ1) is 22.5. The molecule has 0 fully saturated rings. The number of anilines is 1. The van der Waals surface area contributed by atoms with Crippen molar-refractivity contribution < 1.29 is 34.1 Å². The molecule has 1 aliphatic carbocycles. The Morgan fingerprint density at radius 1 is 0.971 bits per heavy atom. The third-order valence-electron chi connectivity index (χ3n) is 5.20. The molecule has 6 N–H and O–H groups in total. The number of carboxylic acid groups (broad SMARTS) is 2. The highest BCUT2D eigenvalue weighted by molar-refractivity contribution is 6.08. The number of phenolic OH excluding ortho intramolecular Hbond substituents is 1. The Hall–Kier alpha value is -4.70. The van der Waals surface area contributed by atoms with Gasteiger partial charge in [0.1, 0.15) is 23.1 Å². The summed E-state index contributed by atoms with van der Waals surface area (Å²) in [7, 11) is 0. The predicted octanol–water partition coefficient (Wildman–Crippen LogP) is 2.71. The number of carbonyl (C=O) groups is 3. The third-order valence-corrected chi connectivity index (χ3v) is 5.20. The maximum Gasteiger partial charge on any atom is 0.336 e. The second-order valence-electron chi connectivity index (χ2n) is 7.58. The molecule has 0 aromatic heterocycles. The van der Waals surface area contributed by atoms with Crippen LogP contribution in [0, 0.1) is 0 Å². The van der Waals surface area contributed by atoms with Gasteiger partial charge < -0.3 is 30.8 Å². The van der Waals surface area contributed by atoms with Gasteiger partial charge in [-0.05, 0) is 42.0 Å². The number of aromatic carboxylic acids is 1. The first-order valence-corrected chi connectivity index (χ1v) is 9.99. The van der Waals surface area contributed by atoms with E-state index in [9.17, 15) is 29.4 Å². The fraction of sp³-hybridized carbons (Fsp3) is 0.0833. The minimum Gasteiger partial charge on any atom is -0.508 e. The van der Waals surface area contributed by atoms with E-state index in [1.165, 1.54) is 48.5 Å². The van der Waals surface area contributed by atoms with Crippen LogP contribution in [0.15, 0.2) is 63.8 Å². The maximum absolute atomic E-state index is 12.2. The second-order valence-corrected chi connectivity index (χ2v) is 7.58. The zero-order valence-corrected chi connectivity index (χ0v) is 17.4. The van der Waals surface area contributed by atoms with Crippen molar-refractivity contribution in [3.05, 3.63) is 70.4 Å². The van der Waals surface area contributed by atoms with Crippen molar-refractivity contribution in [1.29, 1.82) is 0 Å². The lowest BCUT2D eigenvalue weighted by Gasteiger charge is -2.17. The lowest BCUT2D eigenvalue weighted by atomic mass is 9.90. The number of rotatable bonds is 6. The van der Waals surface area contributed by atoms with E-state index in [2.05, 4.69) is 5.32 Å². The van der Waals surface area contributed by atoms with Crippen molar-refractivity contribution in [2.45, 2.75) is 12.5 Å². The Balaban J connectivity index is 1.88. The largest absolute Gasteiger partial charge is 0.508 e. The van der Waals surface area contributed by atoms with Crippen LogP contribution in [0.5, 0.6) is 5.75 Å². The zero-order valence-electron chi connectivity index (χ0n) is 17.4. The van der Waals surface area contributed by atoms with E-state index < -0.39 is 30.3 Å². The molecule has 0 saturated heterocycles. The van der Waals surface area contributed by atoms with Crippen molar-refractivity contribution in [3.63, 3.8) is 0 Å². The number of aliphatic carboxylic acids is 1. The monoisotopic (exact) mass is 462 g/mol. The van der Waals surface area contributed by atoms with Crippen LogP contribution in [0.4, 0.5) is 5.69 Å². The molecule has 10 nitrogen and oxygen atoms in total. The van der Waals surface area contributed by atoms with Crippen molar-refractivity contribution in [3.8, 4) is 28.2 Å². The van der Waals surface area contributed by atoms with Crippen LogP contribution in [0.1, 0.15) is 16.8 Å². The minimum absolute atomic E-state index is 0.0732. The van der Waals surface area contributed by atoms with Crippen LogP contribution in [0.25, 0.3) is 33.4 Å². The Labute approximate surface area is 191 Å². The average molecular weight is 462 g/mol. The maximum atomic E-state index is 12.2. The Morgan fingerprint density at radius 2 is 1.71 bits per heavy atom. The van der Waals surface area contributed by atoms with Crippen LogP contribution in [-0.2, 0) is 9.59 Å². The first-order valence-electron chi connectivity index (χ1n) is 9.99. The van der Waals surface area contributed by atoms with Crippen molar-refractivity contribution >= 4 is 34.5 Å². The third kappa shape index (κ3) is 4.30. The Bertz CT molecular complexity index is 1490. The van der Waals surface area contributed by atoms with Crippen LogP contribution in [0.2, 0.25) is 0 Å². The molecule has 1 aliphatic heterocycles. The second kappa shape index (κ2) is 8.68. The molecule has 0 radical (unpaired) electrons. The van der Waals surface area contributed by atoms with Crippen molar-refractivity contribution in [2.24, 2.45) is 5.73 Å². The van der Waals surface area contributed by atoms with Crippen molar-refractivity contribution in [2.75, 3.05) is 5.32 Å². The molecule has 2 aromatic carbocycles. The molecule has 0 bridgehead atoms. The van der Waals surface area contributed by atoms with Gasteiger partial charge in [-0.15, -0.1) is 0 Å². The molecule has 4 rings (SSSR count). The topological polar surface area (TPSA) is 180 Å². The summed E-state index contributed by atoms with van der Waals surface area (Å²) in [5.41, 5.74) is 6.50. The number of phenols is 1. The van der Waals surface area contributed by atoms with E-state index in [1.54, 1.807) is 6.07 Å². The highest BCUT2D eigenvalue weighted by Crippen LogP contribution is 2.42. The summed E-state index contributed by atoms with van der Waals surface area (Å²) >= 11 is 0. The molecular weight excluding hydrogens is 444 g/mol. The number of hydrogen-bond acceptors (Lipinski definition) is 7. The molecule has 34 heavy (non-hydrogen) atoms. The summed E-state index contributed by atoms with van der Waals surface area (Å²) in [6, 6.07) is 11.3. The van der Waals surface area contributed by atoms with E-state index in [0.717, 1.165) is 0 Å². The van der Waals surface area contributed by atoms with Crippen LogP contribution in [0.3, 0.4) is 0 Å². The summed E-state index contributed by atoms with van der Waals surface area (Å²) in [6.45, 7) is 0. The number of nitrogens with two attached hydrogens (primary N) is 1. The number of hydrogen-bond donors (Lipinski definition) is 5. The lowest BCUT2D eigenvalue weighted by molar-refractivity contribution is -0.140. The van der Waals surface area contributed by atoms with Crippen molar-refractivity contribution in [1.82, 2.24) is 0 Å². The zero-order chi connectivity index (χ0) is 24.6. The normalized spacial score (nSPS) is 11.9. The number of benzene rings is 3. The van der Waals surface area contributed by atoms with Crippen LogP contribution >= 0.6 is 0 Å². The molecule has 172 valence electrons. The summed E-state index contributed by atoms with van der Waals surface area (Å²) in [5, 5.41) is 31.6. The van der Waals surface area contributed by atoms with Gasteiger partial charge in [0.15, 0.2) is 5.43 Å². The van der Waals surface area contributed by atoms with E-state index in [-0.39, 0.29) is 39.3 Å². The van der Waals surface area contributed by atoms with Crippen LogP contribution in [-0.4, -0.2) is 39.2 Å². The standard InChI is InChI=1S/C24H18N2O8/c25-18(24(32)33)10-21(29)26-11-1-4-14(17(7-11)23(30)31)22-15-5-2-12(27)8-19(15)34-20-9-13(28)3-6-16(20)22/h1-9,18,27H,10,25H2,(H,26,29)(H,30,31)(H,32,33). The van der Waals surface area contributed by atoms with Gasteiger partial charge in [0, 0.05) is 34.3 Å². The molecule has 0 saturated carbocycles. The molecule has 1 atom stereocenters. The van der Waals surface area contributed by atoms with Gasteiger partial charge in [-0.1, -0.05) is 6.07 Å². The fourth-order valence-electron chi connectivity index (χ4n) is 3.67. The van der Waals surface area contributed by atoms with Gasteiger partial charge in [-0.25, -0.2) is 4.79 Å². The number of aromatic hydroxyl groups is 1. The van der Waals surface area contributed by atoms with Gasteiger partial charge in [-0.3, -0.25) is 14.4 Å². The quantitative estimate of drug-likeness (QED) is 0.269. The lowest BCUT2D eigenvalue weighted by Crippen LogP contribution is -2.34. The highest BCUT2D eigenvalue weighted by Gasteiger charge is 2.23. The Morgan fingerprint density at radius 3 is 2.41 bits per heavy atom. The molecule has 10 heteroatoms. The highest BCUT2D eigenvalue weighted by atomic mass is 16.4. The fourth-order valence-corrected chi connectivity index (χ4v) is 3.67. The van der Waals surface area contributed by atoms with Crippen LogP contribution < -0.4 is 16.5 Å². The SMILES string of the molecule is NC(CC(=O)Nc1ccc(-c2c3ccc(=O)cc-3oc3cc(O)ccc23)c(C(=O)O)c1)C(=O)O. The minimum atomic E-state index is -1.40. The molecular formula is C24H18N2O8. The summed E-state index contributed by atoms with van der Waals surface area (Å²) in [5.74, 6) is -3.17. The smallest absolute Gasteiger partial charge is 0.336 e. The van der Waals surface area contributed by atoms with E-state index >= 15 is 0 Å². The molecule has 2 aromatic rings. The van der Waals surface area contributed by atoms with E-state index in [4.69, 9.17) is 15.3 Å². The molecule has 1 amide bonds. The molecule has 2 aliphatic rings. The molecule has 1 unspecified atom stereocenters. The number of amides is 1. The summed E-state index contributed by atoms with van der Waals surface area (Å²) in [6.07, 6.45) is -0.490. The number of carboxylic acids is 2. The number of nitrogens with one attached hydrogen (secondary N) is 1.